The lowest BCUT2D eigenvalue weighted by Gasteiger charge is -2.60. The molecule has 0 spiro atoms. The number of carbonyl (C=O) groups is 1. The average Bonchev–Trinajstić information content (AvgIpc) is 3.29. The molecule has 2 N–H and O–H groups in total. The maximum atomic E-state index is 12.2. The van der Waals surface area contributed by atoms with Crippen molar-refractivity contribution in [3.05, 3.63) is 29.8 Å². The topological polar surface area (TPSA) is 58.6 Å². The SMILES string of the molecule is CCC(NC1CCCCC1)c1cccc(OCC[C@]23CCC4C(CCC5CC(=O)CC[C@@]54C)C2CC[C@@H]3O)c1. The van der Waals surface area contributed by atoms with Gasteiger partial charge in [-0.05, 0) is 117 Å². The smallest absolute Gasteiger partial charge is 0.133 e. The first-order valence-corrected chi connectivity index (χ1v) is 16.6. The second-order valence-corrected chi connectivity index (χ2v) is 14.4. The van der Waals surface area contributed by atoms with Crippen molar-refractivity contribution in [1.29, 1.82) is 0 Å². The van der Waals surface area contributed by atoms with Gasteiger partial charge in [0.25, 0.3) is 0 Å². The van der Waals surface area contributed by atoms with Crippen LogP contribution in [0.1, 0.15) is 128 Å². The van der Waals surface area contributed by atoms with Crippen molar-refractivity contribution in [2.24, 2.45) is 34.5 Å². The maximum Gasteiger partial charge on any atom is 0.133 e. The Morgan fingerprint density at radius 3 is 2.69 bits per heavy atom. The molecule has 0 radical (unpaired) electrons. The summed E-state index contributed by atoms with van der Waals surface area (Å²) in [5.41, 5.74) is 1.68. The number of nitrogens with one attached hydrogen (secondary N) is 1. The molecule has 216 valence electrons. The fraction of sp³-hybridized carbons (Fsp3) is 0.800. The molecule has 5 aliphatic carbocycles. The highest BCUT2D eigenvalue weighted by atomic mass is 16.5. The van der Waals surface area contributed by atoms with Gasteiger partial charge in [0, 0.05) is 30.3 Å². The molecule has 5 aliphatic rings. The highest BCUT2D eigenvalue weighted by Crippen LogP contribution is 2.66. The molecular formula is C35H53NO3. The Labute approximate surface area is 237 Å². The van der Waals surface area contributed by atoms with Gasteiger partial charge in [-0.25, -0.2) is 0 Å². The number of ether oxygens (including phenoxy) is 1. The van der Waals surface area contributed by atoms with Crippen molar-refractivity contribution in [3.8, 4) is 5.75 Å². The molecule has 8 atom stereocenters. The van der Waals surface area contributed by atoms with Crippen molar-refractivity contribution < 1.29 is 14.6 Å². The molecule has 39 heavy (non-hydrogen) atoms. The summed E-state index contributed by atoms with van der Waals surface area (Å²) < 4.78 is 6.46. The lowest BCUT2D eigenvalue weighted by atomic mass is 9.44. The minimum atomic E-state index is -0.194. The highest BCUT2D eigenvalue weighted by Gasteiger charge is 2.61. The van der Waals surface area contributed by atoms with Crippen LogP contribution in [0.5, 0.6) is 5.75 Å². The van der Waals surface area contributed by atoms with Crippen LogP contribution in [0, 0.1) is 34.5 Å². The summed E-state index contributed by atoms with van der Waals surface area (Å²) in [7, 11) is 0. The first kappa shape index (κ1) is 27.8. The monoisotopic (exact) mass is 535 g/mol. The van der Waals surface area contributed by atoms with Crippen LogP contribution >= 0.6 is 0 Å². The third-order valence-corrected chi connectivity index (χ3v) is 12.7. The number of aliphatic hydroxyl groups is 1. The van der Waals surface area contributed by atoms with Crippen LogP contribution in [0.25, 0.3) is 0 Å². The molecule has 4 nitrogen and oxygen atoms in total. The number of fused-ring (bicyclic) bond motifs is 5. The van der Waals surface area contributed by atoms with E-state index in [1.807, 2.05) is 0 Å². The minimum absolute atomic E-state index is 0.0148. The fourth-order valence-corrected chi connectivity index (χ4v) is 10.5. The number of hydrogen-bond acceptors (Lipinski definition) is 4. The molecule has 6 rings (SSSR count). The molecular weight excluding hydrogens is 482 g/mol. The Morgan fingerprint density at radius 1 is 1.03 bits per heavy atom. The summed E-state index contributed by atoms with van der Waals surface area (Å²) >= 11 is 0. The van der Waals surface area contributed by atoms with Gasteiger partial charge in [-0.1, -0.05) is 45.2 Å². The molecule has 1 aromatic rings. The molecule has 5 saturated carbocycles. The van der Waals surface area contributed by atoms with Gasteiger partial charge in [-0.3, -0.25) is 4.79 Å². The molecule has 0 bridgehead atoms. The number of hydrogen-bond donors (Lipinski definition) is 2. The fourth-order valence-electron chi connectivity index (χ4n) is 10.5. The average molecular weight is 536 g/mol. The number of aliphatic hydroxyl groups excluding tert-OH is 1. The number of benzene rings is 1. The zero-order valence-electron chi connectivity index (χ0n) is 24.6. The quantitative estimate of drug-likeness (QED) is 0.357. The molecule has 5 unspecified atom stereocenters. The number of Topliss-reactive ketones (excluding diaryl/α,β-unsaturated/α-hetero) is 1. The standard InChI is InChI=1S/C35H53NO3/c1-3-32(36-26-9-5-4-6-10-26)24-8-7-11-28(22-24)39-21-20-35-19-17-30-29(31(35)14-15-33(35)38)13-12-25-23-27(37)16-18-34(25,30)2/h7-8,11,22,25-26,29-33,36,38H,3-6,9-10,12-21,23H2,1-2H3/t25?,29?,30?,31?,32?,33-,34-,35+/m0/s1. The second kappa shape index (κ2) is 11.5. The van der Waals surface area contributed by atoms with Gasteiger partial charge >= 0.3 is 0 Å². The third kappa shape index (κ3) is 5.23. The van der Waals surface area contributed by atoms with Crippen molar-refractivity contribution in [3.63, 3.8) is 0 Å². The van der Waals surface area contributed by atoms with Crippen LogP contribution in [-0.2, 0) is 4.79 Å². The molecule has 0 saturated heterocycles. The van der Waals surface area contributed by atoms with Crippen molar-refractivity contribution in [1.82, 2.24) is 5.32 Å². The van der Waals surface area contributed by atoms with Crippen LogP contribution in [0.15, 0.2) is 24.3 Å². The summed E-state index contributed by atoms with van der Waals surface area (Å²) in [5.74, 6) is 4.12. The lowest BCUT2D eigenvalue weighted by Crippen LogP contribution is -2.55. The van der Waals surface area contributed by atoms with Crippen LogP contribution in [0.2, 0.25) is 0 Å². The van der Waals surface area contributed by atoms with E-state index in [2.05, 4.69) is 43.4 Å². The van der Waals surface area contributed by atoms with Gasteiger partial charge < -0.3 is 15.2 Å². The van der Waals surface area contributed by atoms with E-state index >= 15 is 0 Å². The van der Waals surface area contributed by atoms with Crippen LogP contribution in [0.4, 0.5) is 0 Å². The summed E-state index contributed by atoms with van der Waals surface area (Å²) in [4.78, 5) is 12.2. The van der Waals surface area contributed by atoms with E-state index in [1.54, 1.807) is 0 Å². The molecule has 1 aromatic carbocycles. The molecule has 4 heteroatoms. The van der Waals surface area contributed by atoms with E-state index in [0.717, 1.165) is 56.6 Å². The van der Waals surface area contributed by atoms with E-state index < -0.39 is 0 Å². The molecule has 5 fully saturated rings. The predicted molar refractivity (Wildman–Crippen MR) is 157 cm³/mol. The minimum Gasteiger partial charge on any atom is -0.494 e. The van der Waals surface area contributed by atoms with Gasteiger partial charge in [-0.15, -0.1) is 0 Å². The molecule has 0 heterocycles. The zero-order chi connectivity index (χ0) is 27.0. The lowest BCUT2D eigenvalue weighted by molar-refractivity contribution is -0.145. The molecule has 0 aromatic heterocycles. The maximum absolute atomic E-state index is 12.2. The summed E-state index contributed by atoms with van der Waals surface area (Å²) in [6, 6.07) is 9.81. The third-order valence-electron chi connectivity index (χ3n) is 12.7. The highest BCUT2D eigenvalue weighted by molar-refractivity contribution is 5.79. The van der Waals surface area contributed by atoms with E-state index in [-0.39, 0.29) is 11.5 Å². The van der Waals surface area contributed by atoms with Gasteiger partial charge in [0.2, 0.25) is 0 Å². The van der Waals surface area contributed by atoms with Crippen molar-refractivity contribution in [2.45, 2.75) is 135 Å². The normalized spacial score (nSPS) is 39.5. The first-order valence-electron chi connectivity index (χ1n) is 16.6. The van der Waals surface area contributed by atoms with E-state index in [4.69, 9.17) is 4.74 Å². The Kier molecular flexibility index (Phi) is 8.17. The van der Waals surface area contributed by atoms with Gasteiger partial charge in [-0.2, -0.15) is 0 Å². The summed E-state index contributed by atoms with van der Waals surface area (Å²) in [5, 5.41) is 15.3. The van der Waals surface area contributed by atoms with Crippen LogP contribution < -0.4 is 10.1 Å². The zero-order valence-corrected chi connectivity index (χ0v) is 24.6. The van der Waals surface area contributed by atoms with Gasteiger partial charge in [0.15, 0.2) is 0 Å². The van der Waals surface area contributed by atoms with E-state index in [1.165, 1.54) is 63.4 Å². The first-order chi connectivity index (χ1) is 18.9. The predicted octanol–water partition coefficient (Wildman–Crippen LogP) is 7.78. The molecule has 0 amide bonds. The Balaban J connectivity index is 1.11. The number of carbonyl (C=O) groups excluding carboxylic acids is 1. The Morgan fingerprint density at radius 2 is 1.87 bits per heavy atom. The van der Waals surface area contributed by atoms with Crippen molar-refractivity contribution in [2.75, 3.05) is 6.61 Å². The summed E-state index contributed by atoms with van der Waals surface area (Å²) in [6.45, 7) is 5.49. The van der Waals surface area contributed by atoms with E-state index in [9.17, 15) is 9.90 Å². The van der Waals surface area contributed by atoms with Gasteiger partial charge in [0.1, 0.15) is 11.5 Å². The van der Waals surface area contributed by atoms with E-state index in [0.29, 0.717) is 47.6 Å². The van der Waals surface area contributed by atoms with Crippen molar-refractivity contribution >= 4 is 5.78 Å². The number of rotatable bonds is 8. The van der Waals surface area contributed by atoms with Crippen LogP contribution in [0.3, 0.4) is 0 Å². The second-order valence-electron chi connectivity index (χ2n) is 14.4. The Hall–Kier alpha value is -1.39. The molecule has 0 aliphatic heterocycles. The largest absolute Gasteiger partial charge is 0.494 e. The summed E-state index contributed by atoms with van der Waals surface area (Å²) in [6.07, 6.45) is 18.2. The number of ketones is 1. The van der Waals surface area contributed by atoms with Gasteiger partial charge in [0.05, 0.1) is 12.7 Å². The van der Waals surface area contributed by atoms with Crippen LogP contribution in [-0.4, -0.2) is 29.6 Å². The Bertz CT molecular complexity index is 1000.